The predicted molar refractivity (Wildman–Crippen MR) is 93.1 cm³/mol. The molecule has 0 spiro atoms. The number of aromatic nitrogens is 3. The minimum absolute atomic E-state index is 0.453. The van der Waals surface area contributed by atoms with Crippen LogP contribution < -0.4 is 10.6 Å². The van der Waals surface area contributed by atoms with Crippen molar-refractivity contribution in [2.45, 2.75) is 19.8 Å². The number of pyridine rings is 1. The Kier molecular flexibility index (Phi) is 3.45. The van der Waals surface area contributed by atoms with Crippen molar-refractivity contribution in [1.29, 1.82) is 0 Å². The molecule has 0 saturated carbocycles. The van der Waals surface area contributed by atoms with Crippen molar-refractivity contribution in [1.82, 2.24) is 14.6 Å². The molecule has 0 unspecified atom stereocenters. The number of nitrogens with two attached hydrogens (primary N) is 1. The Bertz CT molecular complexity index is 907. The van der Waals surface area contributed by atoms with Crippen molar-refractivity contribution in [3.8, 4) is 11.1 Å². The van der Waals surface area contributed by atoms with Crippen LogP contribution in [0.1, 0.15) is 28.8 Å². The summed E-state index contributed by atoms with van der Waals surface area (Å²) in [5.41, 5.74) is 9.62. The SMILES string of the molecule is Cc1c(C(N)=O)cnn2cc(-c3ccc(N4CCCC4)nc3)cc12. The Balaban J connectivity index is 1.71. The fourth-order valence-electron chi connectivity index (χ4n) is 3.28. The molecule has 1 aliphatic heterocycles. The fourth-order valence-corrected chi connectivity index (χ4v) is 3.28. The van der Waals surface area contributed by atoms with Crippen LogP contribution in [0.5, 0.6) is 0 Å². The van der Waals surface area contributed by atoms with Crippen LogP contribution in [0.3, 0.4) is 0 Å². The highest BCUT2D eigenvalue weighted by Gasteiger charge is 2.15. The second-order valence-corrected chi connectivity index (χ2v) is 6.21. The van der Waals surface area contributed by atoms with Crippen LogP contribution in [0.15, 0.2) is 36.8 Å². The minimum Gasteiger partial charge on any atom is -0.366 e. The van der Waals surface area contributed by atoms with Crippen LogP contribution in [0.4, 0.5) is 5.82 Å². The first kappa shape index (κ1) is 14.7. The number of primary amides is 1. The van der Waals surface area contributed by atoms with Crippen LogP contribution >= 0.6 is 0 Å². The van der Waals surface area contributed by atoms with E-state index in [1.807, 2.05) is 25.4 Å². The van der Waals surface area contributed by atoms with Gasteiger partial charge in [0, 0.05) is 36.6 Å². The summed E-state index contributed by atoms with van der Waals surface area (Å²) in [5.74, 6) is 0.576. The molecule has 0 bridgehead atoms. The molecule has 4 heterocycles. The maximum absolute atomic E-state index is 11.5. The van der Waals surface area contributed by atoms with Crippen molar-refractivity contribution in [3.05, 3.63) is 47.9 Å². The molecule has 1 saturated heterocycles. The van der Waals surface area contributed by atoms with Gasteiger partial charge in [0.05, 0.1) is 17.3 Å². The number of carbonyl (C=O) groups is 1. The molecule has 4 rings (SSSR count). The molecule has 1 fully saturated rings. The molecule has 1 amide bonds. The van der Waals surface area contributed by atoms with Gasteiger partial charge in [0.25, 0.3) is 5.91 Å². The molecule has 0 atom stereocenters. The van der Waals surface area contributed by atoms with E-state index in [9.17, 15) is 4.79 Å². The molecule has 6 nitrogen and oxygen atoms in total. The van der Waals surface area contributed by atoms with E-state index in [-0.39, 0.29) is 0 Å². The summed E-state index contributed by atoms with van der Waals surface area (Å²) in [6.45, 7) is 4.05. The third-order valence-corrected chi connectivity index (χ3v) is 4.68. The van der Waals surface area contributed by atoms with Crippen molar-refractivity contribution in [2.75, 3.05) is 18.0 Å². The first-order valence-corrected chi connectivity index (χ1v) is 8.12. The summed E-state index contributed by atoms with van der Waals surface area (Å²) < 4.78 is 1.77. The van der Waals surface area contributed by atoms with Crippen molar-refractivity contribution >= 4 is 17.2 Å². The van der Waals surface area contributed by atoms with Gasteiger partial charge in [-0.1, -0.05) is 0 Å². The van der Waals surface area contributed by atoms with E-state index in [1.165, 1.54) is 19.0 Å². The lowest BCUT2D eigenvalue weighted by Crippen LogP contribution is -2.18. The van der Waals surface area contributed by atoms with E-state index >= 15 is 0 Å². The molecular formula is C18H19N5O. The maximum Gasteiger partial charge on any atom is 0.250 e. The van der Waals surface area contributed by atoms with Crippen molar-refractivity contribution in [2.24, 2.45) is 5.73 Å². The quantitative estimate of drug-likeness (QED) is 0.803. The number of hydrogen-bond acceptors (Lipinski definition) is 4. The molecule has 1 aliphatic rings. The zero-order chi connectivity index (χ0) is 16.7. The number of fused-ring (bicyclic) bond motifs is 1. The summed E-state index contributed by atoms with van der Waals surface area (Å²) in [4.78, 5) is 18.4. The van der Waals surface area contributed by atoms with Gasteiger partial charge in [0.2, 0.25) is 0 Å². The zero-order valence-corrected chi connectivity index (χ0v) is 13.6. The average molecular weight is 321 g/mol. The van der Waals surface area contributed by atoms with Crippen molar-refractivity contribution in [3.63, 3.8) is 0 Å². The molecule has 0 aromatic carbocycles. The lowest BCUT2D eigenvalue weighted by atomic mass is 10.1. The van der Waals surface area contributed by atoms with E-state index in [0.29, 0.717) is 5.56 Å². The van der Waals surface area contributed by atoms with E-state index in [1.54, 1.807) is 4.52 Å². The van der Waals surface area contributed by atoms with Crippen LogP contribution in [-0.2, 0) is 0 Å². The standard InChI is InChI=1S/C18H19N5O/c1-12-15(18(19)24)10-21-23-11-14(8-16(12)23)13-4-5-17(20-9-13)22-6-2-3-7-22/h4-5,8-11H,2-3,6-7H2,1H3,(H2,19,24). The summed E-state index contributed by atoms with van der Waals surface area (Å²) >= 11 is 0. The summed E-state index contributed by atoms with van der Waals surface area (Å²) in [6.07, 6.45) is 7.83. The average Bonchev–Trinajstić information content (AvgIpc) is 3.25. The highest BCUT2D eigenvalue weighted by Crippen LogP contribution is 2.26. The molecular weight excluding hydrogens is 302 g/mol. The fraction of sp³-hybridized carbons (Fsp3) is 0.278. The van der Waals surface area contributed by atoms with E-state index in [0.717, 1.165) is 41.1 Å². The number of carbonyl (C=O) groups excluding carboxylic acids is 1. The van der Waals surface area contributed by atoms with Crippen molar-refractivity contribution < 1.29 is 4.79 Å². The Labute approximate surface area is 139 Å². The summed E-state index contributed by atoms with van der Waals surface area (Å²) in [6, 6.07) is 6.17. The van der Waals surface area contributed by atoms with E-state index < -0.39 is 5.91 Å². The first-order valence-electron chi connectivity index (χ1n) is 8.12. The van der Waals surface area contributed by atoms with Gasteiger partial charge in [-0.05, 0) is 43.5 Å². The minimum atomic E-state index is -0.457. The normalized spacial score (nSPS) is 14.5. The predicted octanol–water partition coefficient (Wildman–Crippen LogP) is 2.40. The van der Waals surface area contributed by atoms with Gasteiger partial charge in [-0.3, -0.25) is 4.79 Å². The Morgan fingerprint density at radius 1 is 1.17 bits per heavy atom. The van der Waals surface area contributed by atoms with Crippen LogP contribution in [0.25, 0.3) is 16.6 Å². The number of anilines is 1. The lowest BCUT2D eigenvalue weighted by Gasteiger charge is -2.15. The molecule has 3 aromatic rings. The number of nitrogens with zero attached hydrogens (tertiary/aromatic N) is 4. The largest absolute Gasteiger partial charge is 0.366 e. The Morgan fingerprint density at radius 2 is 1.96 bits per heavy atom. The van der Waals surface area contributed by atoms with Gasteiger partial charge in [-0.25, -0.2) is 9.50 Å². The van der Waals surface area contributed by atoms with Gasteiger partial charge in [0.1, 0.15) is 5.82 Å². The molecule has 6 heteroatoms. The number of aryl methyl sites for hydroxylation is 1. The third-order valence-electron chi connectivity index (χ3n) is 4.68. The van der Waals surface area contributed by atoms with Crippen LogP contribution in [0, 0.1) is 6.92 Å². The molecule has 3 aromatic heterocycles. The number of rotatable bonds is 3. The molecule has 0 radical (unpaired) electrons. The first-order chi connectivity index (χ1) is 11.6. The van der Waals surface area contributed by atoms with Crippen LogP contribution in [0.2, 0.25) is 0 Å². The third kappa shape index (κ3) is 2.40. The zero-order valence-electron chi connectivity index (χ0n) is 13.6. The van der Waals surface area contributed by atoms with Gasteiger partial charge in [-0.2, -0.15) is 5.10 Å². The van der Waals surface area contributed by atoms with E-state index in [2.05, 4.69) is 27.1 Å². The van der Waals surface area contributed by atoms with Crippen LogP contribution in [-0.4, -0.2) is 33.6 Å². The number of amides is 1. The lowest BCUT2D eigenvalue weighted by molar-refractivity contribution is 0.0999. The number of hydrogen-bond donors (Lipinski definition) is 1. The Morgan fingerprint density at radius 3 is 2.62 bits per heavy atom. The van der Waals surface area contributed by atoms with Gasteiger partial charge >= 0.3 is 0 Å². The van der Waals surface area contributed by atoms with Gasteiger partial charge < -0.3 is 10.6 Å². The topological polar surface area (TPSA) is 76.5 Å². The van der Waals surface area contributed by atoms with Gasteiger partial charge in [-0.15, -0.1) is 0 Å². The van der Waals surface area contributed by atoms with Gasteiger partial charge in [0.15, 0.2) is 0 Å². The highest BCUT2D eigenvalue weighted by atomic mass is 16.1. The van der Waals surface area contributed by atoms with E-state index in [4.69, 9.17) is 5.73 Å². The second-order valence-electron chi connectivity index (χ2n) is 6.21. The monoisotopic (exact) mass is 321 g/mol. The second kappa shape index (κ2) is 5.63. The maximum atomic E-state index is 11.5. The highest BCUT2D eigenvalue weighted by molar-refractivity contribution is 5.96. The summed E-state index contributed by atoms with van der Waals surface area (Å²) in [7, 11) is 0. The summed E-state index contributed by atoms with van der Waals surface area (Å²) in [5, 5.41) is 4.28. The molecule has 0 aliphatic carbocycles. The Hall–Kier alpha value is -2.89. The molecule has 2 N–H and O–H groups in total. The smallest absolute Gasteiger partial charge is 0.250 e. The molecule has 122 valence electrons. The molecule has 24 heavy (non-hydrogen) atoms.